The molecule has 0 radical (unpaired) electrons. The largest absolute Gasteiger partial charge is 0.467 e. The fourth-order valence-electron chi connectivity index (χ4n) is 3.21. The summed E-state index contributed by atoms with van der Waals surface area (Å²) < 4.78 is 47.8. The molecule has 1 aliphatic heterocycles. The van der Waals surface area contributed by atoms with Crippen molar-refractivity contribution in [1.29, 1.82) is 0 Å². The molecule has 0 bridgehead atoms. The third kappa shape index (κ3) is 7.00. The van der Waals surface area contributed by atoms with Crippen LogP contribution in [0.4, 0.5) is 13.2 Å². The van der Waals surface area contributed by atoms with Crippen LogP contribution in [-0.2, 0) is 11.3 Å². The van der Waals surface area contributed by atoms with E-state index in [0.29, 0.717) is 13.2 Å². The Morgan fingerprint density at radius 3 is 2.80 bits per heavy atom. The van der Waals surface area contributed by atoms with Crippen LogP contribution in [0, 0.1) is 0 Å². The Morgan fingerprint density at radius 2 is 2.03 bits per heavy atom. The Bertz CT molecular complexity index is 818. The molecule has 1 atom stereocenters. The standard InChI is InChI=1S/C21H24F3N3O3/c22-21(23,24)15-30-20-18(8-4-9-25-20)19(28)26-12-17-14-27(10-5-11-29-17)13-16-6-2-1-3-7-16/h1-4,6-9,17H,5,10-15H2,(H,26,28). The molecule has 1 aliphatic rings. The molecule has 1 unspecified atom stereocenters. The fraction of sp³-hybridized carbons (Fsp3) is 0.429. The Balaban J connectivity index is 1.56. The summed E-state index contributed by atoms with van der Waals surface area (Å²) in [5.74, 6) is -0.900. The minimum Gasteiger partial charge on any atom is -0.467 e. The Hall–Kier alpha value is -2.65. The van der Waals surface area contributed by atoms with Crippen LogP contribution in [0.3, 0.4) is 0 Å². The molecule has 1 aromatic carbocycles. The molecule has 1 fully saturated rings. The summed E-state index contributed by atoms with van der Waals surface area (Å²) in [4.78, 5) is 18.5. The molecule has 1 amide bonds. The van der Waals surface area contributed by atoms with Gasteiger partial charge in [0.2, 0.25) is 5.88 Å². The Kier molecular flexibility index (Phi) is 7.64. The third-order valence-corrected chi connectivity index (χ3v) is 4.56. The fourth-order valence-corrected chi connectivity index (χ4v) is 3.21. The maximum Gasteiger partial charge on any atom is 0.422 e. The van der Waals surface area contributed by atoms with Crippen LogP contribution in [0.2, 0.25) is 0 Å². The second kappa shape index (κ2) is 10.4. The van der Waals surface area contributed by atoms with Crippen LogP contribution in [-0.4, -0.2) is 60.9 Å². The van der Waals surface area contributed by atoms with Gasteiger partial charge in [-0.1, -0.05) is 30.3 Å². The normalized spacial score (nSPS) is 17.9. The first kappa shape index (κ1) is 22.0. The van der Waals surface area contributed by atoms with Gasteiger partial charge in [-0.3, -0.25) is 9.69 Å². The molecule has 1 aromatic heterocycles. The molecule has 162 valence electrons. The lowest BCUT2D eigenvalue weighted by Gasteiger charge is -2.24. The van der Waals surface area contributed by atoms with E-state index >= 15 is 0 Å². The van der Waals surface area contributed by atoms with Crippen molar-refractivity contribution in [3.8, 4) is 5.88 Å². The van der Waals surface area contributed by atoms with Gasteiger partial charge in [0.1, 0.15) is 5.56 Å². The Labute approximate surface area is 173 Å². The van der Waals surface area contributed by atoms with Gasteiger partial charge in [-0.2, -0.15) is 13.2 Å². The first-order valence-electron chi connectivity index (χ1n) is 9.71. The minimum atomic E-state index is -4.51. The number of halogens is 3. The summed E-state index contributed by atoms with van der Waals surface area (Å²) in [6.07, 6.45) is -2.58. The average molecular weight is 423 g/mol. The van der Waals surface area contributed by atoms with Gasteiger partial charge in [0.25, 0.3) is 5.91 Å². The van der Waals surface area contributed by atoms with Gasteiger partial charge in [-0.15, -0.1) is 0 Å². The molecule has 2 heterocycles. The number of benzene rings is 1. The number of amides is 1. The number of carbonyl (C=O) groups is 1. The smallest absolute Gasteiger partial charge is 0.422 e. The average Bonchev–Trinajstić information content (AvgIpc) is 2.96. The molecule has 2 aromatic rings. The van der Waals surface area contributed by atoms with Crippen molar-refractivity contribution in [3.05, 3.63) is 59.8 Å². The van der Waals surface area contributed by atoms with Crippen LogP contribution < -0.4 is 10.1 Å². The topological polar surface area (TPSA) is 63.7 Å². The number of carbonyl (C=O) groups excluding carboxylic acids is 1. The molecule has 1 saturated heterocycles. The minimum absolute atomic E-state index is 0.0449. The molecule has 6 nitrogen and oxygen atoms in total. The summed E-state index contributed by atoms with van der Waals surface area (Å²) in [5, 5.41) is 2.73. The number of alkyl halides is 3. The van der Waals surface area contributed by atoms with Crippen LogP contribution in [0.25, 0.3) is 0 Å². The van der Waals surface area contributed by atoms with Crippen molar-refractivity contribution in [1.82, 2.24) is 15.2 Å². The number of pyridine rings is 1. The first-order valence-corrected chi connectivity index (χ1v) is 9.71. The van der Waals surface area contributed by atoms with Gasteiger partial charge in [0.15, 0.2) is 6.61 Å². The van der Waals surface area contributed by atoms with Gasteiger partial charge in [-0.05, 0) is 24.1 Å². The lowest BCUT2D eigenvalue weighted by atomic mass is 10.2. The number of hydrogen-bond acceptors (Lipinski definition) is 5. The van der Waals surface area contributed by atoms with E-state index < -0.39 is 18.7 Å². The molecule has 30 heavy (non-hydrogen) atoms. The third-order valence-electron chi connectivity index (χ3n) is 4.56. The van der Waals surface area contributed by atoms with Gasteiger partial charge < -0.3 is 14.8 Å². The molecule has 0 saturated carbocycles. The molecular weight excluding hydrogens is 399 g/mol. The van der Waals surface area contributed by atoms with E-state index in [1.807, 2.05) is 18.2 Å². The second-order valence-electron chi connectivity index (χ2n) is 7.04. The van der Waals surface area contributed by atoms with Gasteiger partial charge in [0.05, 0.1) is 6.10 Å². The van der Waals surface area contributed by atoms with Crippen LogP contribution >= 0.6 is 0 Å². The van der Waals surface area contributed by atoms with Crippen molar-refractivity contribution in [2.45, 2.75) is 25.2 Å². The number of nitrogens with zero attached hydrogens (tertiary/aromatic N) is 2. The van der Waals surface area contributed by atoms with Gasteiger partial charge >= 0.3 is 6.18 Å². The van der Waals surface area contributed by atoms with Crippen molar-refractivity contribution in [2.24, 2.45) is 0 Å². The highest BCUT2D eigenvalue weighted by atomic mass is 19.4. The number of rotatable bonds is 7. The van der Waals surface area contributed by atoms with Crippen molar-refractivity contribution < 1.29 is 27.4 Å². The lowest BCUT2D eigenvalue weighted by molar-refractivity contribution is -0.154. The van der Waals surface area contributed by atoms with Crippen LogP contribution in [0.15, 0.2) is 48.7 Å². The summed E-state index contributed by atoms with van der Waals surface area (Å²) in [7, 11) is 0. The van der Waals surface area contributed by atoms with E-state index in [0.717, 1.165) is 19.5 Å². The quantitative estimate of drug-likeness (QED) is 0.742. The maximum atomic E-state index is 12.5. The molecule has 1 N–H and O–H groups in total. The molecule has 3 rings (SSSR count). The van der Waals surface area contributed by atoms with Crippen molar-refractivity contribution in [2.75, 3.05) is 32.8 Å². The molecule has 0 aliphatic carbocycles. The van der Waals surface area contributed by atoms with E-state index in [-0.39, 0.29) is 24.1 Å². The Morgan fingerprint density at radius 1 is 1.23 bits per heavy atom. The number of ether oxygens (including phenoxy) is 2. The highest BCUT2D eigenvalue weighted by Crippen LogP contribution is 2.20. The number of hydrogen-bond donors (Lipinski definition) is 1. The summed E-state index contributed by atoms with van der Waals surface area (Å²) in [6.45, 7) is 1.62. The van der Waals surface area contributed by atoms with E-state index in [1.165, 1.54) is 23.9 Å². The summed E-state index contributed by atoms with van der Waals surface area (Å²) >= 11 is 0. The zero-order chi connectivity index (χ0) is 21.4. The van der Waals surface area contributed by atoms with Crippen molar-refractivity contribution >= 4 is 5.91 Å². The molecular formula is C21H24F3N3O3. The van der Waals surface area contributed by atoms with Crippen LogP contribution in [0.5, 0.6) is 5.88 Å². The van der Waals surface area contributed by atoms with Gasteiger partial charge in [-0.25, -0.2) is 4.98 Å². The zero-order valence-corrected chi connectivity index (χ0v) is 16.4. The number of aromatic nitrogens is 1. The van der Waals surface area contributed by atoms with E-state index in [9.17, 15) is 18.0 Å². The first-order chi connectivity index (χ1) is 14.4. The highest BCUT2D eigenvalue weighted by molar-refractivity contribution is 5.96. The molecule has 0 spiro atoms. The SMILES string of the molecule is O=C(NCC1CN(Cc2ccccc2)CCCO1)c1cccnc1OCC(F)(F)F. The summed E-state index contributed by atoms with van der Waals surface area (Å²) in [5.41, 5.74) is 1.15. The zero-order valence-electron chi connectivity index (χ0n) is 16.4. The van der Waals surface area contributed by atoms with Gasteiger partial charge in [0, 0.05) is 39.0 Å². The highest BCUT2D eigenvalue weighted by Gasteiger charge is 2.30. The number of nitrogens with one attached hydrogen (secondary N) is 1. The predicted octanol–water partition coefficient (Wildman–Crippen LogP) is 3.04. The predicted molar refractivity (Wildman–Crippen MR) is 104 cm³/mol. The van der Waals surface area contributed by atoms with E-state index in [4.69, 9.17) is 4.74 Å². The maximum absolute atomic E-state index is 12.5. The summed E-state index contributed by atoms with van der Waals surface area (Å²) in [6, 6.07) is 12.9. The van der Waals surface area contributed by atoms with E-state index in [2.05, 4.69) is 32.1 Å². The van der Waals surface area contributed by atoms with Crippen molar-refractivity contribution in [3.63, 3.8) is 0 Å². The van der Waals surface area contributed by atoms with E-state index in [1.54, 1.807) is 0 Å². The lowest BCUT2D eigenvalue weighted by Crippen LogP contribution is -2.40. The van der Waals surface area contributed by atoms with Crippen LogP contribution in [0.1, 0.15) is 22.3 Å². The monoisotopic (exact) mass is 423 g/mol. The second-order valence-corrected chi connectivity index (χ2v) is 7.04. The molecule has 9 heteroatoms.